The van der Waals surface area contributed by atoms with E-state index in [1.165, 1.54) is 29.5 Å². The third kappa shape index (κ3) is 6.57. The van der Waals surface area contributed by atoms with Gasteiger partial charge in [-0.2, -0.15) is 0 Å². The van der Waals surface area contributed by atoms with E-state index in [9.17, 15) is 9.18 Å². The fraction of sp³-hybridized carbons (Fsp3) is 0.227. The van der Waals surface area contributed by atoms with Crippen molar-refractivity contribution in [1.82, 2.24) is 10.2 Å². The highest BCUT2D eigenvalue weighted by molar-refractivity contribution is 7.99. The SMILES string of the molecule is CC(C)c1ccc(NC(=O)CSc2ccc(NCc3ccc(F)cc3)nn2)cc1. The molecule has 0 saturated carbocycles. The Labute approximate surface area is 174 Å². The molecule has 0 saturated heterocycles. The van der Waals surface area contributed by atoms with E-state index in [0.717, 1.165) is 11.3 Å². The Hall–Kier alpha value is -2.93. The molecule has 5 nitrogen and oxygen atoms in total. The van der Waals surface area contributed by atoms with Gasteiger partial charge in [-0.25, -0.2) is 4.39 Å². The van der Waals surface area contributed by atoms with Gasteiger partial charge in [-0.1, -0.05) is 49.9 Å². The minimum absolute atomic E-state index is 0.0902. The van der Waals surface area contributed by atoms with E-state index in [0.29, 0.717) is 23.3 Å². The minimum atomic E-state index is -0.258. The Bertz CT molecular complexity index is 929. The summed E-state index contributed by atoms with van der Waals surface area (Å²) < 4.78 is 12.9. The number of halogens is 1. The summed E-state index contributed by atoms with van der Waals surface area (Å²) in [5, 5.41) is 14.9. The van der Waals surface area contributed by atoms with Gasteiger partial charge in [0.1, 0.15) is 16.7 Å². The third-order valence-corrected chi connectivity index (χ3v) is 5.16. The quantitative estimate of drug-likeness (QED) is 0.507. The molecule has 3 aromatic rings. The molecule has 0 unspecified atom stereocenters. The van der Waals surface area contributed by atoms with Crippen LogP contribution in [0.2, 0.25) is 0 Å². The van der Waals surface area contributed by atoms with Gasteiger partial charge in [-0.15, -0.1) is 10.2 Å². The molecule has 0 bridgehead atoms. The van der Waals surface area contributed by atoms with Crippen LogP contribution < -0.4 is 10.6 Å². The summed E-state index contributed by atoms with van der Waals surface area (Å²) in [4.78, 5) is 12.1. The van der Waals surface area contributed by atoms with Gasteiger partial charge in [0.15, 0.2) is 0 Å². The highest BCUT2D eigenvalue weighted by Gasteiger charge is 2.06. The van der Waals surface area contributed by atoms with Crippen molar-refractivity contribution < 1.29 is 9.18 Å². The summed E-state index contributed by atoms with van der Waals surface area (Å²) in [6.45, 7) is 4.79. The van der Waals surface area contributed by atoms with Gasteiger partial charge in [0.05, 0.1) is 5.75 Å². The summed E-state index contributed by atoms with van der Waals surface area (Å²) in [5.74, 6) is 0.984. The molecule has 3 rings (SSSR count). The maximum atomic E-state index is 12.9. The van der Waals surface area contributed by atoms with Crippen molar-refractivity contribution >= 4 is 29.2 Å². The fourth-order valence-corrected chi connectivity index (χ4v) is 3.19. The average Bonchev–Trinajstić information content (AvgIpc) is 2.73. The molecule has 0 atom stereocenters. The summed E-state index contributed by atoms with van der Waals surface area (Å²) in [6.07, 6.45) is 0. The zero-order valence-electron chi connectivity index (χ0n) is 16.4. The van der Waals surface area contributed by atoms with Gasteiger partial charge in [-0.05, 0) is 53.4 Å². The van der Waals surface area contributed by atoms with E-state index in [1.807, 2.05) is 30.3 Å². The number of carbonyl (C=O) groups excluding carboxylic acids is 1. The van der Waals surface area contributed by atoms with Crippen LogP contribution in [0.15, 0.2) is 65.7 Å². The Balaban J connectivity index is 1.44. The highest BCUT2D eigenvalue weighted by atomic mass is 32.2. The van der Waals surface area contributed by atoms with Crippen LogP contribution in [0.4, 0.5) is 15.9 Å². The second kappa shape index (κ2) is 10.0. The minimum Gasteiger partial charge on any atom is -0.365 e. The molecule has 150 valence electrons. The lowest BCUT2D eigenvalue weighted by Gasteiger charge is -2.08. The number of rotatable bonds is 8. The van der Waals surface area contributed by atoms with Crippen molar-refractivity contribution in [2.45, 2.75) is 31.3 Å². The number of amides is 1. The standard InChI is InChI=1S/C22H23FN4OS/c1-15(2)17-5-9-19(10-6-17)25-21(28)14-29-22-12-11-20(26-27-22)24-13-16-3-7-18(23)8-4-16/h3-12,15H,13-14H2,1-2H3,(H,24,26)(H,25,28). The molecule has 29 heavy (non-hydrogen) atoms. The molecule has 0 fully saturated rings. The lowest BCUT2D eigenvalue weighted by molar-refractivity contribution is -0.113. The first-order valence-electron chi connectivity index (χ1n) is 9.34. The molecule has 1 amide bonds. The van der Waals surface area contributed by atoms with Gasteiger partial charge in [0.25, 0.3) is 0 Å². The van der Waals surface area contributed by atoms with Gasteiger partial charge < -0.3 is 10.6 Å². The smallest absolute Gasteiger partial charge is 0.234 e. The van der Waals surface area contributed by atoms with E-state index in [4.69, 9.17) is 0 Å². The molecular weight excluding hydrogens is 387 g/mol. The van der Waals surface area contributed by atoms with E-state index in [-0.39, 0.29) is 17.5 Å². The van der Waals surface area contributed by atoms with Crippen LogP contribution in [0, 0.1) is 5.82 Å². The first-order valence-corrected chi connectivity index (χ1v) is 10.3. The lowest BCUT2D eigenvalue weighted by atomic mass is 10.0. The Morgan fingerprint density at radius 3 is 2.34 bits per heavy atom. The Morgan fingerprint density at radius 2 is 1.72 bits per heavy atom. The summed E-state index contributed by atoms with van der Waals surface area (Å²) >= 11 is 1.33. The lowest BCUT2D eigenvalue weighted by Crippen LogP contribution is -2.14. The van der Waals surface area contributed by atoms with Crippen molar-refractivity contribution in [2.24, 2.45) is 0 Å². The predicted octanol–water partition coefficient (Wildman–Crippen LogP) is 5.08. The molecule has 1 aromatic heterocycles. The third-order valence-electron chi connectivity index (χ3n) is 4.24. The number of nitrogens with zero attached hydrogens (tertiary/aromatic N) is 2. The second-order valence-corrected chi connectivity index (χ2v) is 7.85. The zero-order chi connectivity index (χ0) is 20.6. The largest absolute Gasteiger partial charge is 0.365 e. The number of aromatic nitrogens is 2. The normalized spacial score (nSPS) is 10.8. The summed E-state index contributed by atoms with van der Waals surface area (Å²) in [6, 6.07) is 17.8. The maximum Gasteiger partial charge on any atom is 0.234 e. The van der Waals surface area contributed by atoms with E-state index in [1.54, 1.807) is 18.2 Å². The van der Waals surface area contributed by atoms with Crippen LogP contribution in [0.25, 0.3) is 0 Å². The molecule has 0 aliphatic rings. The van der Waals surface area contributed by atoms with Crippen molar-refractivity contribution in [3.05, 3.63) is 77.6 Å². The molecule has 1 heterocycles. The Kier molecular flexibility index (Phi) is 7.19. The predicted molar refractivity (Wildman–Crippen MR) is 116 cm³/mol. The average molecular weight is 411 g/mol. The second-order valence-electron chi connectivity index (χ2n) is 6.85. The van der Waals surface area contributed by atoms with Crippen LogP contribution in [-0.2, 0) is 11.3 Å². The molecule has 0 spiro atoms. The summed E-state index contributed by atoms with van der Waals surface area (Å²) in [5.41, 5.74) is 2.97. The van der Waals surface area contributed by atoms with Crippen LogP contribution in [0.5, 0.6) is 0 Å². The molecule has 0 aliphatic carbocycles. The van der Waals surface area contributed by atoms with Crippen molar-refractivity contribution in [1.29, 1.82) is 0 Å². The number of benzene rings is 2. The zero-order valence-corrected chi connectivity index (χ0v) is 17.2. The number of hydrogen-bond acceptors (Lipinski definition) is 5. The molecule has 0 radical (unpaired) electrons. The fourth-order valence-electron chi connectivity index (χ4n) is 2.57. The van der Waals surface area contributed by atoms with E-state index >= 15 is 0 Å². The van der Waals surface area contributed by atoms with Gasteiger partial charge >= 0.3 is 0 Å². The van der Waals surface area contributed by atoms with Crippen molar-refractivity contribution in [2.75, 3.05) is 16.4 Å². The van der Waals surface area contributed by atoms with E-state index < -0.39 is 0 Å². The number of carbonyl (C=O) groups is 1. The number of thioether (sulfide) groups is 1. The Morgan fingerprint density at radius 1 is 1.00 bits per heavy atom. The number of anilines is 2. The highest BCUT2D eigenvalue weighted by Crippen LogP contribution is 2.19. The van der Waals surface area contributed by atoms with Crippen molar-refractivity contribution in [3.8, 4) is 0 Å². The molecule has 2 aromatic carbocycles. The molecule has 0 aliphatic heterocycles. The van der Waals surface area contributed by atoms with Crippen LogP contribution in [-0.4, -0.2) is 21.9 Å². The van der Waals surface area contributed by atoms with Crippen LogP contribution >= 0.6 is 11.8 Å². The maximum absolute atomic E-state index is 12.9. The first-order chi connectivity index (χ1) is 14.0. The van der Waals surface area contributed by atoms with Gasteiger partial charge in [-0.3, -0.25) is 4.79 Å². The number of nitrogens with one attached hydrogen (secondary N) is 2. The van der Waals surface area contributed by atoms with Gasteiger partial charge in [0, 0.05) is 12.2 Å². The molecular formula is C22H23FN4OS. The van der Waals surface area contributed by atoms with Crippen LogP contribution in [0.1, 0.15) is 30.9 Å². The monoisotopic (exact) mass is 410 g/mol. The molecule has 2 N–H and O–H groups in total. The topological polar surface area (TPSA) is 66.9 Å². The van der Waals surface area contributed by atoms with E-state index in [2.05, 4.69) is 34.7 Å². The summed E-state index contributed by atoms with van der Waals surface area (Å²) in [7, 11) is 0. The first kappa shape index (κ1) is 20.8. The van der Waals surface area contributed by atoms with Gasteiger partial charge in [0.2, 0.25) is 5.91 Å². The molecule has 7 heteroatoms. The van der Waals surface area contributed by atoms with Crippen molar-refractivity contribution in [3.63, 3.8) is 0 Å². The van der Waals surface area contributed by atoms with Crippen LogP contribution in [0.3, 0.4) is 0 Å². The number of hydrogen-bond donors (Lipinski definition) is 2.